The van der Waals surface area contributed by atoms with Gasteiger partial charge in [0.15, 0.2) is 0 Å². The first-order valence-corrected chi connectivity index (χ1v) is 17.4. The highest BCUT2D eigenvalue weighted by Crippen LogP contribution is 2.53. The standard InChI is InChI=1S/C44H37N3/c1-2-44(26-28-15-16-29(25-28)27-44)33-21-17-32(18-22-33)41-37-23-19-31-10-4-6-12-35(31)42(37)46-43(45-41)47-38-14-8-7-13-36(38)40-34-11-5-3-9-30(34)20-24-39(40)47/h3-14,17-24,28-29H,2,15-16,25-27H2,1H3/t28-,29?,44?/m0/s1. The van der Waals surface area contributed by atoms with Gasteiger partial charge in [-0.05, 0) is 82.9 Å². The fraction of sp³-hybridized carbons (Fsp3) is 0.227. The van der Waals surface area contributed by atoms with E-state index >= 15 is 0 Å². The van der Waals surface area contributed by atoms with Gasteiger partial charge in [0.25, 0.3) is 0 Å². The van der Waals surface area contributed by atoms with Crippen molar-refractivity contribution >= 4 is 54.3 Å². The van der Waals surface area contributed by atoms with Crippen LogP contribution in [-0.4, -0.2) is 14.5 Å². The number of hydrogen-bond donors (Lipinski definition) is 0. The first-order valence-electron chi connectivity index (χ1n) is 17.4. The Morgan fingerprint density at radius 1 is 0.617 bits per heavy atom. The van der Waals surface area contributed by atoms with E-state index in [4.69, 9.17) is 9.97 Å². The molecule has 0 saturated heterocycles. The van der Waals surface area contributed by atoms with E-state index in [0.717, 1.165) is 50.4 Å². The van der Waals surface area contributed by atoms with Crippen molar-refractivity contribution in [2.24, 2.45) is 11.8 Å². The van der Waals surface area contributed by atoms with Crippen molar-refractivity contribution in [1.82, 2.24) is 14.5 Å². The van der Waals surface area contributed by atoms with Crippen LogP contribution in [0.5, 0.6) is 0 Å². The number of rotatable bonds is 4. The highest BCUT2D eigenvalue weighted by molar-refractivity contribution is 6.21. The molecule has 3 heteroatoms. The van der Waals surface area contributed by atoms with Crippen LogP contribution in [0, 0.1) is 11.8 Å². The Bertz CT molecular complexity index is 2490. The minimum Gasteiger partial charge on any atom is -0.278 e. The van der Waals surface area contributed by atoms with Gasteiger partial charge in [-0.2, -0.15) is 0 Å². The molecule has 0 amide bonds. The lowest BCUT2D eigenvalue weighted by Gasteiger charge is -2.41. The molecule has 2 aromatic heterocycles. The van der Waals surface area contributed by atoms with Gasteiger partial charge >= 0.3 is 0 Å². The highest BCUT2D eigenvalue weighted by Gasteiger charge is 2.43. The second-order valence-electron chi connectivity index (χ2n) is 14.3. The Balaban J connectivity index is 1.22. The molecule has 0 spiro atoms. The van der Waals surface area contributed by atoms with E-state index in [1.807, 2.05) is 0 Å². The predicted octanol–water partition coefficient (Wildman–Crippen LogP) is 11.6. The largest absolute Gasteiger partial charge is 0.278 e. The van der Waals surface area contributed by atoms with Crippen LogP contribution in [-0.2, 0) is 5.41 Å². The number of hydrogen-bond acceptors (Lipinski definition) is 2. The van der Waals surface area contributed by atoms with Gasteiger partial charge < -0.3 is 0 Å². The Hall–Kier alpha value is -5.02. The van der Waals surface area contributed by atoms with Crippen molar-refractivity contribution in [2.45, 2.75) is 50.9 Å². The van der Waals surface area contributed by atoms with Crippen molar-refractivity contribution < 1.29 is 0 Å². The molecule has 2 saturated carbocycles. The van der Waals surface area contributed by atoms with Gasteiger partial charge in [0, 0.05) is 27.1 Å². The van der Waals surface area contributed by atoms with Gasteiger partial charge in [0.05, 0.1) is 22.2 Å². The molecular weight excluding hydrogens is 571 g/mol. The third-order valence-electron chi connectivity index (χ3n) is 11.8. The van der Waals surface area contributed by atoms with Crippen molar-refractivity contribution in [3.8, 4) is 17.2 Å². The molecule has 10 rings (SSSR count). The lowest BCUT2D eigenvalue weighted by Crippen LogP contribution is -2.33. The van der Waals surface area contributed by atoms with Crippen molar-refractivity contribution in [1.29, 1.82) is 0 Å². The zero-order chi connectivity index (χ0) is 31.1. The molecule has 0 radical (unpaired) electrons. The first-order chi connectivity index (χ1) is 23.2. The zero-order valence-electron chi connectivity index (χ0n) is 26.8. The Kier molecular flexibility index (Phi) is 5.91. The molecule has 2 fully saturated rings. The van der Waals surface area contributed by atoms with Crippen molar-refractivity contribution in [2.75, 3.05) is 0 Å². The topological polar surface area (TPSA) is 30.7 Å². The molecule has 2 heterocycles. The molecule has 0 N–H and O–H groups in total. The first kappa shape index (κ1) is 27.1. The van der Waals surface area contributed by atoms with Crippen LogP contribution < -0.4 is 0 Å². The average molecular weight is 608 g/mol. The zero-order valence-corrected chi connectivity index (χ0v) is 26.8. The monoisotopic (exact) mass is 607 g/mol. The van der Waals surface area contributed by atoms with Crippen LogP contribution >= 0.6 is 0 Å². The average Bonchev–Trinajstić information content (AvgIpc) is 3.67. The van der Waals surface area contributed by atoms with Crippen molar-refractivity contribution in [3.63, 3.8) is 0 Å². The molecular formula is C44H37N3. The second kappa shape index (κ2) is 10.2. The normalized spacial score (nSPS) is 21.0. The fourth-order valence-corrected chi connectivity index (χ4v) is 9.57. The number of benzene rings is 6. The summed E-state index contributed by atoms with van der Waals surface area (Å²) in [6, 6.07) is 44.4. The summed E-state index contributed by atoms with van der Waals surface area (Å²) < 4.78 is 2.28. The van der Waals surface area contributed by atoms with Crippen LogP contribution in [0.4, 0.5) is 0 Å². The van der Waals surface area contributed by atoms with E-state index in [2.05, 4.69) is 133 Å². The van der Waals surface area contributed by atoms with E-state index in [9.17, 15) is 0 Å². The minimum absolute atomic E-state index is 0.309. The molecule has 2 unspecified atom stereocenters. The summed E-state index contributed by atoms with van der Waals surface area (Å²) in [5.74, 6) is 2.51. The quantitative estimate of drug-likeness (QED) is 0.186. The molecule has 6 aromatic carbocycles. The van der Waals surface area contributed by atoms with E-state index < -0.39 is 0 Å². The number of aromatic nitrogens is 3. The SMILES string of the molecule is CCC1(c2ccc(-c3nc(-n4c5ccccc5c5c6ccccc6ccc54)nc4c3ccc3ccccc34)cc2)CC2CC[C@@H](C2)C1. The van der Waals surface area contributed by atoms with Gasteiger partial charge in [0.2, 0.25) is 5.95 Å². The van der Waals surface area contributed by atoms with Gasteiger partial charge in [-0.15, -0.1) is 0 Å². The summed E-state index contributed by atoms with van der Waals surface area (Å²) >= 11 is 0. The molecule has 3 nitrogen and oxygen atoms in total. The molecule has 2 bridgehead atoms. The maximum Gasteiger partial charge on any atom is 0.235 e. The molecule has 0 aliphatic heterocycles. The summed E-state index contributed by atoms with van der Waals surface area (Å²) in [7, 11) is 0. The van der Waals surface area contributed by atoms with Crippen molar-refractivity contribution in [3.05, 3.63) is 127 Å². The molecule has 2 aliphatic rings. The van der Waals surface area contributed by atoms with Crippen LogP contribution in [0.1, 0.15) is 51.0 Å². The Morgan fingerprint density at radius 2 is 1.28 bits per heavy atom. The highest BCUT2D eigenvalue weighted by atomic mass is 15.2. The van der Waals surface area contributed by atoms with Gasteiger partial charge in [-0.3, -0.25) is 4.57 Å². The Labute approximate surface area is 274 Å². The minimum atomic E-state index is 0.309. The van der Waals surface area contributed by atoms with Gasteiger partial charge in [0.1, 0.15) is 0 Å². The molecule has 3 atom stereocenters. The molecule has 8 aromatic rings. The lowest BCUT2D eigenvalue weighted by atomic mass is 9.64. The van der Waals surface area contributed by atoms with Crippen LogP contribution in [0.25, 0.3) is 71.5 Å². The molecule has 2 aliphatic carbocycles. The maximum absolute atomic E-state index is 5.47. The summed E-state index contributed by atoms with van der Waals surface area (Å²) in [4.78, 5) is 10.9. The van der Waals surface area contributed by atoms with Gasteiger partial charge in [-0.1, -0.05) is 123 Å². The Morgan fingerprint density at radius 3 is 2.04 bits per heavy atom. The third-order valence-corrected chi connectivity index (χ3v) is 11.8. The smallest absolute Gasteiger partial charge is 0.235 e. The van der Waals surface area contributed by atoms with E-state index in [1.165, 1.54) is 71.0 Å². The lowest BCUT2D eigenvalue weighted by molar-refractivity contribution is 0.207. The van der Waals surface area contributed by atoms with E-state index in [-0.39, 0.29) is 0 Å². The summed E-state index contributed by atoms with van der Waals surface area (Å²) in [6.45, 7) is 2.41. The molecule has 228 valence electrons. The van der Waals surface area contributed by atoms with Gasteiger partial charge in [-0.25, -0.2) is 9.97 Å². The third kappa shape index (κ3) is 4.05. The summed E-state index contributed by atoms with van der Waals surface area (Å²) in [6.07, 6.45) is 8.19. The molecule has 47 heavy (non-hydrogen) atoms. The fourth-order valence-electron chi connectivity index (χ4n) is 9.57. The number of para-hydroxylation sites is 1. The summed E-state index contributed by atoms with van der Waals surface area (Å²) in [5, 5.41) is 8.40. The number of nitrogens with zero attached hydrogens (tertiary/aromatic N) is 3. The predicted molar refractivity (Wildman–Crippen MR) is 196 cm³/mol. The maximum atomic E-state index is 5.47. The van der Waals surface area contributed by atoms with Crippen LogP contribution in [0.15, 0.2) is 121 Å². The van der Waals surface area contributed by atoms with Crippen LogP contribution in [0.2, 0.25) is 0 Å². The second-order valence-corrected chi connectivity index (χ2v) is 14.3. The van der Waals surface area contributed by atoms with E-state index in [0.29, 0.717) is 11.4 Å². The van der Waals surface area contributed by atoms with Crippen LogP contribution in [0.3, 0.4) is 0 Å². The van der Waals surface area contributed by atoms with E-state index in [1.54, 1.807) is 0 Å². The number of fused-ring (bicyclic) bond motifs is 10. The summed E-state index contributed by atoms with van der Waals surface area (Å²) in [5.41, 5.74) is 7.20.